The molecule has 0 radical (unpaired) electrons. The van der Waals surface area contributed by atoms with Crippen molar-refractivity contribution in [2.75, 3.05) is 18.5 Å². The molecule has 3 aromatic rings. The van der Waals surface area contributed by atoms with Gasteiger partial charge < -0.3 is 25.1 Å². The Bertz CT molecular complexity index is 1450. The zero-order valence-corrected chi connectivity index (χ0v) is 24.3. The van der Waals surface area contributed by atoms with Crippen molar-refractivity contribution in [3.63, 3.8) is 0 Å². The van der Waals surface area contributed by atoms with E-state index in [1.54, 1.807) is 59.1 Å². The highest BCUT2D eigenvalue weighted by atomic mass is 32.1. The van der Waals surface area contributed by atoms with Crippen molar-refractivity contribution in [1.29, 1.82) is 0 Å². The number of aromatic amines is 1. The maximum atomic E-state index is 13.3. The van der Waals surface area contributed by atoms with Crippen molar-refractivity contribution in [1.82, 2.24) is 19.9 Å². The Morgan fingerprint density at radius 1 is 1.12 bits per heavy atom. The second kappa shape index (κ2) is 12.9. The lowest BCUT2D eigenvalue weighted by atomic mass is 9.96. The lowest BCUT2D eigenvalue weighted by molar-refractivity contribution is -0.146. The minimum Gasteiger partial charge on any atom is -0.466 e. The lowest BCUT2D eigenvalue weighted by Crippen LogP contribution is -2.42. The third-order valence-electron chi connectivity index (χ3n) is 6.06. The molecular formula is C27H35N5O7S. The fourth-order valence-corrected chi connectivity index (χ4v) is 4.64. The first-order valence-corrected chi connectivity index (χ1v) is 13.9. The van der Waals surface area contributed by atoms with Crippen LogP contribution in [-0.4, -0.2) is 57.5 Å². The van der Waals surface area contributed by atoms with E-state index in [0.29, 0.717) is 27.3 Å². The van der Waals surface area contributed by atoms with Crippen molar-refractivity contribution in [3.05, 3.63) is 44.6 Å². The van der Waals surface area contributed by atoms with E-state index in [9.17, 15) is 24.0 Å². The molecule has 1 unspecified atom stereocenters. The molecule has 3 rings (SSSR count). The van der Waals surface area contributed by atoms with Crippen LogP contribution in [0.15, 0.2) is 28.6 Å². The van der Waals surface area contributed by atoms with Crippen LogP contribution in [-0.2, 0) is 23.9 Å². The summed E-state index contributed by atoms with van der Waals surface area (Å²) < 4.78 is 11.4. The van der Waals surface area contributed by atoms with Crippen LogP contribution < -0.4 is 16.2 Å². The maximum absolute atomic E-state index is 13.3. The number of hydrogen-bond donors (Lipinski definition) is 3. The Morgan fingerprint density at radius 2 is 1.82 bits per heavy atom. The summed E-state index contributed by atoms with van der Waals surface area (Å²) in [5.74, 6) is -1.45. The number of rotatable bonds is 11. The number of carbonyl (C=O) groups is 4. The normalized spacial score (nSPS) is 12.9. The molecule has 0 saturated heterocycles. The molecule has 0 bridgehead atoms. The van der Waals surface area contributed by atoms with E-state index in [-0.39, 0.29) is 37.5 Å². The summed E-state index contributed by atoms with van der Waals surface area (Å²) in [6.45, 7) is 10.8. The summed E-state index contributed by atoms with van der Waals surface area (Å²) in [5, 5.41) is 7.47. The summed E-state index contributed by atoms with van der Waals surface area (Å²) in [4.78, 5) is 70.3. The van der Waals surface area contributed by atoms with Crippen LogP contribution in [0.3, 0.4) is 0 Å². The van der Waals surface area contributed by atoms with Gasteiger partial charge in [-0.25, -0.2) is 9.78 Å². The minimum atomic E-state index is -1.02. The molecule has 2 amide bonds. The SMILES string of the molecule is CCOC(=O)CC[C@H](NC(=O)c1cc(C(C)n2cnc3[nH]c(NC(=O)C(C)(C)C)cc3c2=O)cs1)C(=O)OCC. The summed E-state index contributed by atoms with van der Waals surface area (Å²) >= 11 is 1.16. The number of aromatic nitrogens is 3. The molecule has 0 spiro atoms. The van der Waals surface area contributed by atoms with Gasteiger partial charge in [-0.05, 0) is 50.3 Å². The first-order chi connectivity index (χ1) is 18.8. The average molecular weight is 574 g/mol. The molecule has 0 aliphatic rings. The molecule has 0 aromatic carbocycles. The van der Waals surface area contributed by atoms with Gasteiger partial charge in [0.2, 0.25) is 5.91 Å². The van der Waals surface area contributed by atoms with Gasteiger partial charge in [-0.2, -0.15) is 0 Å². The number of ether oxygens (including phenoxy) is 2. The number of carbonyl (C=O) groups excluding carboxylic acids is 4. The van der Waals surface area contributed by atoms with Crippen molar-refractivity contribution in [2.45, 2.75) is 66.5 Å². The number of nitrogens with zero attached hydrogens (tertiary/aromatic N) is 2. The zero-order valence-electron chi connectivity index (χ0n) is 23.5. The number of thiophene rings is 1. The molecule has 0 fully saturated rings. The second-order valence-electron chi connectivity index (χ2n) is 10.1. The van der Waals surface area contributed by atoms with Crippen LogP contribution in [0, 0.1) is 5.41 Å². The molecular weight excluding hydrogens is 538 g/mol. The molecule has 0 aliphatic heterocycles. The van der Waals surface area contributed by atoms with E-state index >= 15 is 0 Å². The van der Waals surface area contributed by atoms with Crippen molar-refractivity contribution in [2.24, 2.45) is 5.41 Å². The standard InChI is InChI=1S/C27H35N5O7S/c1-7-38-21(33)10-9-18(25(36)39-8-2)29-23(34)19-11-16(13-40-19)15(3)32-14-28-22-17(24(32)35)12-20(30-22)31-26(37)27(4,5)6/h11-15,18,30H,7-10H2,1-6H3,(H,29,34)(H,31,37)/t15?,18-/m0/s1. The fraction of sp³-hybridized carbons (Fsp3) is 0.481. The number of nitrogens with one attached hydrogen (secondary N) is 3. The van der Waals surface area contributed by atoms with Crippen molar-refractivity contribution >= 4 is 51.9 Å². The Morgan fingerprint density at radius 3 is 2.48 bits per heavy atom. The van der Waals surface area contributed by atoms with Gasteiger partial charge in [0.25, 0.3) is 11.5 Å². The predicted octanol–water partition coefficient (Wildman–Crippen LogP) is 3.38. The van der Waals surface area contributed by atoms with E-state index in [0.717, 1.165) is 11.3 Å². The van der Waals surface area contributed by atoms with Gasteiger partial charge in [-0.3, -0.25) is 23.7 Å². The Kier molecular flexibility index (Phi) is 9.85. The predicted molar refractivity (Wildman–Crippen MR) is 150 cm³/mol. The number of anilines is 1. The molecule has 3 aromatic heterocycles. The summed E-state index contributed by atoms with van der Waals surface area (Å²) in [6, 6.07) is 1.71. The smallest absolute Gasteiger partial charge is 0.328 e. The molecule has 0 aliphatic carbocycles. The molecule has 12 nitrogen and oxygen atoms in total. The van der Waals surface area contributed by atoms with Gasteiger partial charge in [0.05, 0.1) is 29.5 Å². The molecule has 0 saturated carbocycles. The van der Waals surface area contributed by atoms with Gasteiger partial charge in [0, 0.05) is 11.8 Å². The highest BCUT2D eigenvalue weighted by Crippen LogP contribution is 2.25. The molecule has 40 heavy (non-hydrogen) atoms. The van der Waals surface area contributed by atoms with Gasteiger partial charge >= 0.3 is 11.9 Å². The Balaban J connectivity index is 1.77. The van der Waals surface area contributed by atoms with E-state index in [2.05, 4.69) is 20.6 Å². The average Bonchev–Trinajstić information content (AvgIpc) is 3.54. The highest BCUT2D eigenvalue weighted by Gasteiger charge is 2.26. The molecule has 3 heterocycles. The highest BCUT2D eigenvalue weighted by molar-refractivity contribution is 7.12. The monoisotopic (exact) mass is 573 g/mol. The van der Waals surface area contributed by atoms with E-state index < -0.39 is 35.3 Å². The van der Waals surface area contributed by atoms with Gasteiger partial charge in [0.15, 0.2) is 0 Å². The van der Waals surface area contributed by atoms with Crippen LogP contribution in [0.5, 0.6) is 0 Å². The number of esters is 2. The number of amides is 2. The maximum Gasteiger partial charge on any atom is 0.328 e. The Labute approximate surface area is 235 Å². The third kappa shape index (κ3) is 7.34. The topological polar surface area (TPSA) is 161 Å². The molecule has 2 atom stereocenters. The van der Waals surface area contributed by atoms with Crippen molar-refractivity contribution in [3.8, 4) is 0 Å². The molecule has 3 N–H and O–H groups in total. The summed E-state index contributed by atoms with van der Waals surface area (Å²) in [7, 11) is 0. The minimum absolute atomic E-state index is 0.0357. The summed E-state index contributed by atoms with van der Waals surface area (Å²) in [5.41, 5.74) is 0.105. The Hall–Kier alpha value is -4.00. The molecule has 216 valence electrons. The quantitative estimate of drug-likeness (QED) is 0.294. The van der Waals surface area contributed by atoms with E-state index in [4.69, 9.17) is 9.47 Å². The number of hydrogen-bond acceptors (Lipinski definition) is 9. The zero-order chi connectivity index (χ0) is 29.6. The van der Waals surface area contributed by atoms with Crippen LogP contribution >= 0.6 is 11.3 Å². The summed E-state index contributed by atoms with van der Waals surface area (Å²) in [6.07, 6.45) is 1.39. The first-order valence-electron chi connectivity index (χ1n) is 13.0. The van der Waals surface area contributed by atoms with Crippen LogP contribution in [0.4, 0.5) is 5.82 Å². The fourth-order valence-electron chi connectivity index (χ4n) is 3.74. The van der Waals surface area contributed by atoms with Crippen LogP contribution in [0.2, 0.25) is 0 Å². The largest absolute Gasteiger partial charge is 0.466 e. The van der Waals surface area contributed by atoms with E-state index in [1.165, 1.54) is 10.9 Å². The van der Waals surface area contributed by atoms with Crippen molar-refractivity contribution < 1.29 is 28.7 Å². The number of H-pyrrole nitrogens is 1. The van der Waals surface area contributed by atoms with Crippen LogP contribution in [0.1, 0.15) is 75.7 Å². The first kappa shape index (κ1) is 30.5. The van der Waals surface area contributed by atoms with Gasteiger partial charge in [-0.1, -0.05) is 20.8 Å². The third-order valence-corrected chi connectivity index (χ3v) is 7.01. The van der Waals surface area contributed by atoms with E-state index in [1.807, 2.05) is 0 Å². The number of fused-ring (bicyclic) bond motifs is 1. The van der Waals surface area contributed by atoms with Gasteiger partial charge in [-0.15, -0.1) is 11.3 Å². The van der Waals surface area contributed by atoms with Crippen LogP contribution in [0.25, 0.3) is 11.0 Å². The molecule has 13 heteroatoms. The van der Waals surface area contributed by atoms with Gasteiger partial charge in [0.1, 0.15) is 23.8 Å². The lowest BCUT2D eigenvalue weighted by Gasteiger charge is -2.16. The second-order valence-corrected chi connectivity index (χ2v) is 11.1.